The molecule has 0 aliphatic heterocycles. The molecule has 100 valence electrons. The maximum atomic E-state index is 11.9. The minimum Gasteiger partial charge on any atom is -0.272 e. The minimum atomic E-state index is -4.44. The molecule has 0 saturated carbocycles. The smallest absolute Gasteiger partial charge is 0.272 e. The van der Waals surface area contributed by atoms with E-state index in [0.29, 0.717) is 6.42 Å². The zero-order valence-corrected chi connectivity index (χ0v) is 10.2. The van der Waals surface area contributed by atoms with Crippen molar-refractivity contribution in [3.63, 3.8) is 0 Å². The standard InChI is InChI=1S/C11H12F3NO2S/c12-11(13,14)6-17-15-10(16)8-2-1-3-9-7(8)4-5-18-9/h4-5,8H,1-3,6H2,(H,15,16). The normalized spacial score (nSPS) is 19.4. The van der Waals surface area contributed by atoms with Gasteiger partial charge in [0.1, 0.15) is 0 Å². The number of thiophene rings is 1. The Morgan fingerprint density at radius 1 is 1.56 bits per heavy atom. The van der Waals surface area contributed by atoms with E-state index >= 15 is 0 Å². The third-order valence-electron chi connectivity index (χ3n) is 2.78. The maximum Gasteiger partial charge on any atom is 0.414 e. The predicted molar refractivity (Wildman–Crippen MR) is 60.1 cm³/mol. The highest BCUT2D eigenvalue weighted by Crippen LogP contribution is 2.34. The molecule has 1 unspecified atom stereocenters. The summed E-state index contributed by atoms with van der Waals surface area (Å²) in [5.41, 5.74) is 2.80. The van der Waals surface area contributed by atoms with Crippen molar-refractivity contribution >= 4 is 17.2 Å². The molecule has 1 aliphatic rings. The molecule has 0 radical (unpaired) electrons. The van der Waals surface area contributed by atoms with E-state index in [1.54, 1.807) is 11.3 Å². The summed E-state index contributed by atoms with van der Waals surface area (Å²) in [6.45, 7) is -1.47. The number of rotatable bonds is 3. The lowest BCUT2D eigenvalue weighted by atomic mass is 9.87. The van der Waals surface area contributed by atoms with Crippen LogP contribution in [0, 0.1) is 0 Å². The Balaban J connectivity index is 1.91. The monoisotopic (exact) mass is 279 g/mol. The molecule has 1 amide bonds. The molecule has 18 heavy (non-hydrogen) atoms. The van der Waals surface area contributed by atoms with E-state index in [0.717, 1.165) is 23.3 Å². The summed E-state index contributed by atoms with van der Waals surface area (Å²) < 4.78 is 35.6. The molecule has 1 N–H and O–H groups in total. The summed E-state index contributed by atoms with van der Waals surface area (Å²) in [7, 11) is 0. The van der Waals surface area contributed by atoms with Gasteiger partial charge in [0, 0.05) is 4.88 Å². The van der Waals surface area contributed by atoms with Gasteiger partial charge in [-0.25, -0.2) is 5.48 Å². The van der Waals surface area contributed by atoms with Crippen LogP contribution in [0.1, 0.15) is 29.2 Å². The molecular weight excluding hydrogens is 267 g/mol. The fourth-order valence-electron chi connectivity index (χ4n) is 2.02. The molecular formula is C11H12F3NO2S. The average molecular weight is 279 g/mol. The zero-order chi connectivity index (χ0) is 13.2. The molecule has 7 heteroatoms. The van der Waals surface area contributed by atoms with Crippen molar-refractivity contribution in [3.05, 3.63) is 21.9 Å². The number of carbonyl (C=O) groups excluding carboxylic acids is 1. The molecule has 1 heterocycles. The summed E-state index contributed by atoms with van der Waals surface area (Å²) in [6, 6.07) is 1.85. The van der Waals surface area contributed by atoms with E-state index in [1.165, 1.54) is 0 Å². The van der Waals surface area contributed by atoms with Crippen molar-refractivity contribution in [2.24, 2.45) is 0 Å². The predicted octanol–water partition coefficient (Wildman–Crippen LogP) is 2.78. The third-order valence-corrected chi connectivity index (χ3v) is 3.77. The van der Waals surface area contributed by atoms with Crippen LogP contribution in [-0.4, -0.2) is 18.7 Å². The van der Waals surface area contributed by atoms with Gasteiger partial charge in [0.05, 0.1) is 5.92 Å². The number of aryl methyl sites for hydroxylation is 1. The van der Waals surface area contributed by atoms with Gasteiger partial charge in [-0.1, -0.05) is 0 Å². The van der Waals surface area contributed by atoms with Crippen LogP contribution >= 0.6 is 11.3 Å². The highest BCUT2D eigenvalue weighted by molar-refractivity contribution is 7.10. The second kappa shape index (κ2) is 5.27. The lowest BCUT2D eigenvalue weighted by molar-refractivity contribution is -0.192. The third kappa shape index (κ3) is 3.23. The Morgan fingerprint density at radius 3 is 3.06 bits per heavy atom. The summed E-state index contributed by atoms with van der Waals surface area (Å²) in [4.78, 5) is 17.1. The largest absolute Gasteiger partial charge is 0.414 e. The Bertz CT molecular complexity index is 430. The van der Waals surface area contributed by atoms with Crippen molar-refractivity contribution in [2.45, 2.75) is 31.4 Å². The molecule has 0 saturated heterocycles. The van der Waals surface area contributed by atoms with Gasteiger partial charge in [-0.2, -0.15) is 13.2 Å². The van der Waals surface area contributed by atoms with E-state index in [4.69, 9.17) is 0 Å². The van der Waals surface area contributed by atoms with Crippen LogP contribution in [0.15, 0.2) is 11.4 Å². The lowest BCUT2D eigenvalue weighted by Crippen LogP contribution is -2.34. The first-order valence-corrected chi connectivity index (χ1v) is 6.40. The molecule has 1 aromatic heterocycles. The summed E-state index contributed by atoms with van der Waals surface area (Å²) >= 11 is 1.57. The van der Waals surface area contributed by atoms with E-state index in [2.05, 4.69) is 4.84 Å². The Morgan fingerprint density at radius 2 is 2.33 bits per heavy atom. The van der Waals surface area contributed by atoms with E-state index in [1.807, 2.05) is 16.9 Å². The number of hydroxylamine groups is 1. The number of hydrogen-bond donors (Lipinski definition) is 1. The van der Waals surface area contributed by atoms with E-state index < -0.39 is 24.6 Å². The molecule has 0 bridgehead atoms. The number of halogens is 3. The lowest BCUT2D eigenvalue weighted by Gasteiger charge is -2.21. The topological polar surface area (TPSA) is 38.3 Å². The van der Waals surface area contributed by atoms with Crippen LogP contribution in [-0.2, 0) is 16.1 Å². The van der Waals surface area contributed by atoms with Crippen LogP contribution in [0.4, 0.5) is 13.2 Å². The van der Waals surface area contributed by atoms with Crippen LogP contribution < -0.4 is 5.48 Å². The summed E-state index contributed by atoms with van der Waals surface area (Å²) in [5, 5.41) is 1.90. The first-order valence-electron chi connectivity index (χ1n) is 5.52. The van der Waals surface area contributed by atoms with Crippen LogP contribution in [0.3, 0.4) is 0 Å². The number of hydrogen-bond acceptors (Lipinski definition) is 3. The van der Waals surface area contributed by atoms with Gasteiger partial charge in [0.2, 0.25) is 0 Å². The Hall–Kier alpha value is -1.08. The Kier molecular flexibility index (Phi) is 3.91. The highest BCUT2D eigenvalue weighted by atomic mass is 32.1. The summed E-state index contributed by atoms with van der Waals surface area (Å²) in [5.74, 6) is -0.896. The fourth-order valence-corrected chi connectivity index (χ4v) is 3.01. The molecule has 2 rings (SSSR count). The second-order valence-corrected chi connectivity index (χ2v) is 5.11. The molecule has 1 atom stereocenters. The van der Waals surface area contributed by atoms with Crippen LogP contribution in [0.2, 0.25) is 0 Å². The molecule has 0 aromatic carbocycles. The SMILES string of the molecule is O=C(NOCC(F)(F)F)C1CCCc2sccc21. The Labute approximate surface area is 106 Å². The van der Waals surface area contributed by atoms with Crippen LogP contribution in [0.25, 0.3) is 0 Å². The minimum absolute atomic E-state index is 0.395. The second-order valence-electron chi connectivity index (χ2n) is 4.11. The maximum absolute atomic E-state index is 11.9. The number of fused-ring (bicyclic) bond motifs is 1. The first kappa shape index (κ1) is 13.4. The van der Waals surface area contributed by atoms with Gasteiger partial charge in [-0.15, -0.1) is 11.3 Å². The van der Waals surface area contributed by atoms with Crippen molar-refractivity contribution in [1.29, 1.82) is 0 Å². The van der Waals surface area contributed by atoms with Crippen LogP contribution in [0.5, 0.6) is 0 Å². The van der Waals surface area contributed by atoms with Gasteiger partial charge >= 0.3 is 6.18 Å². The number of alkyl halides is 3. The van der Waals surface area contributed by atoms with Crippen molar-refractivity contribution < 1.29 is 22.8 Å². The van der Waals surface area contributed by atoms with E-state index in [-0.39, 0.29) is 0 Å². The zero-order valence-electron chi connectivity index (χ0n) is 9.42. The van der Waals surface area contributed by atoms with E-state index in [9.17, 15) is 18.0 Å². The van der Waals surface area contributed by atoms with Gasteiger partial charge in [0.15, 0.2) is 6.61 Å². The van der Waals surface area contributed by atoms with Crippen molar-refractivity contribution in [3.8, 4) is 0 Å². The molecule has 1 aliphatic carbocycles. The van der Waals surface area contributed by atoms with Crippen molar-refractivity contribution in [2.75, 3.05) is 6.61 Å². The number of nitrogens with one attached hydrogen (secondary N) is 1. The molecule has 0 fully saturated rings. The van der Waals surface area contributed by atoms with Gasteiger partial charge in [-0.3, -0.25) is 9.63 Å². The highest BCUT2D eigenvalue weighted by Gasteiger charge is 2.30. The molecule has 0 spiro atoms. The van der Waals surface area contributed by atoms with Gasteiger partial charge in [0.25, 0.3) is 5.91 Å². The first-order chi connectivity index (χ1) is 8.47. The molecule has 3 nitrogen and oxygen atoms in total. The average Bonchev–Trinajstić information content (AvgIpc) is 2.74. The number of carbonyl (C=O) groups is 1. The fraction of sp³-hybridized carbons (Fsp3) is 0.545. The van der Waals surface area contributed by atoms with Gasteiger partial charge in [-0.05, 0) is 36.3 Å². The van der Waals surface area contributed by atoms with Crippen molar-refractivity contribution in [1.82, 2.24) is 5.48 Å². The quantitative estimate of drug-likeness (QED) is 0.864. The number of amides is 1. The van der Waals surface area contributed by atoms with Gasteiger partial charge < -0.3 is 0 Å². The summed E-state index contributed by atoms with van der Waals surface area (Å²) in [6.07, 6.45) is -2.00. The molecule has 1 aromatic rings.